The van der Waals surface area contributed by atoms with Crippen LogP contribution < -0.4 is 5.32 Å². The standard InChI is InChI=1S/C7H7N3O3S/c1-4-8-7(14-10-4)9-5(11)2-3-6(12)13/h2-3H,1H3,(H,12,13)(H,8,9,10,11)/b3-2-. The number of aromatic nitrogens is 2. The van der Waals surface area contributed by atoms with Crippen LogP contribution in [0.4, 0.5) is 5.13 Å². The molecule has 0 spiro atoms. The van der Waals surface area contributed by atoms with Crippen molar-refractivity contribution < 1.29 is 14.7 Å². The lowest BCUT2D eigenvalue weighted by atomic mass is 10.5. The lowest BCUT2D eigenvalue weighted by molar-refractivity contribution is -0.131. The summed E-state index contributed by atoms with van der Waals surface area (Å²) in [6, 6.07) is 0. The Kier molecular flexibility index (Phi) is 3.29. The maximum Gasteiger partial charge on any atom is 0.328 e. The van der Waals surface area contributed by atoms with Crippen molar-refractivity contribution in [1.29, 1.82) is 0 Å². The molecule has 74 valence electrons. The zero-order valence-electron chi connectivity index (χ0n) is 7.22. The number of nitrogens with zero attached hydrogens (tertiary/aromatic N) is 2. The van der Waals surface area contributed by atoms with E-state index in [-0.39, 0.29) is 0 Å². The van der Waals surface area contributed by atoms with Gasteiger partial charge in [0.05, 0.1) is 0 Å². The number of nitrogens with one attached hydrogen (secondary N) is 1. The van der Waals surface area contributed by atoms with Crippen molar-refractivity contribution in [2.45, 2.75) is 6.92 Å². The molecule has 0 fully saturated rings. The number of hydrogen-bond acceptors (Lipinski definition) is 5. The van der Waals surface area contributed by atoms with Crippen molar-refractivity contribution in [2.24, 2.45) is 0 Å². The fraction of sp³-hybridized carbons (Fsp3) is 0.143. The zero-order chi connectivity index (χ0) is 10.6. The number of hydrogen-bond donors (Lipinski definition) is 2. The average Bonchev–Trinajstić information content (AvgIpc) is 2.48. The van der Waals surface area contributed by atoms with Gasteiger partial charge in [-0.3, -0.25) is 10.1 Å². The van der Waals surface area contributed by atoms with Gasteiger partial charge in [0, 0.05) is 23.7 Å². The SMILES string of the molecule is Cc1nsc(NC(=O)/C=C\C(=O)O)n1. The monoisotopic (exact) mass is 213 g/mol. The van der Waals surface area contributed by atoms with Gasteiger partial charge in [-0.25, -0.2) is 9.78 Å². The van der Waals surface area contributed by atoms with Gasteiger partial charge in [-0.15, -0.1) is 0 Å². The summed E-state index contributed by atoms with van der Waals surface area (Å²) in [6.45, 7) is 1.69. The van der Waals surface area contributed by atoms with Gasteiger partial charge in [-0.05, 0) is 6.92 Å². The Morgan fingerprint density at radius 2 is 2.21 bits per heavy atom. The normalized spacial score (nSPS) is 10.4. The molecule has 1 aromatic heterocycles. The van der Waals surface area contributed by atoms with Gasteiger partial charge in [0.2, 0.25) is 11.0 Å². The van der Waals surface area contributed by atoms with E-state index < -0.39 is 11.9 Å². The number of aryl methyl sites for hydroxylation is 1. The number of carbonyl (C=O) groups excluding carboxylic acids is 1. The molecule has 1 amide bonds. The van der Waals surface area contributed by atoms with Crippen molar-refractivity contribution in [3.05, 3.63) is 18.0 Å². The first kappa shape index (κ1) is 10.3. The number of carboxylic acids is 1. The van der Waals surface area contributed by atoms with E-state index in [4.69, 9.17) is 5.11 Å². The second-order valence-electron chi connectivity index (χ2n) is 2.31. The highest BCUT2D eigenvalue weighted by Crippen LogP contribution is 2.09. The molecule has 0 bridgehead atoms. The second kappa shape index (κ2) is 4.47. The van der Waals surface area contributed by atoms with Gasteiger partial charge in [0.25, 0.3) is 0 Å². The van der Waals surface area contributed by atoms with Crippen LogP contribution in [0.25, 0.3) is 0 Å². The predicted octanol–water partition coefficient (Wildman–Crippen LogP) is 0.426. The summed E-state index contributed by atoms with van der Waals surface area (Å²) in [5, 5.41) is 11.0. The first-order chi connectivity index (χ1) is 6.58. The van der Waals surface area contributed by atoms with Crippen molar-refractivity contribution in [3.8, 4) is 0 Å². The summed E-state index contributed by atoms with van der Waals surface area (Å²) >= 11 is 1.04. The number of carbonyl (C=O) groups is 2. The highest BCUT2D eigenvalue weighted by molar-refractivity contribution is 7.09. The van der Waals surface area contributed by atoms with Gasteiger partial charge in [0.1, 0.15) is 5.82 Å². The maximum atomic E-state index is 11.0. The molecule has 1 aromatic rings. The number of carboxylic acid groups (broad SMARTS) is 1. The molecule has 0 aliphatic carbocycles. The molecule has 6 nitrogen and oxygen atoms in total. The Morgan fingerprint density at radius 3 is 2.71 bits per heavy atom. The lowest BCUT2D eigenvalue weighted by Gasteiger charge is -1.92. The third-order valence-corrected chi connectivity index (χ3v) is 1.86. The van der Waals surface area contributed by atoms with Crippen LogP contribution in [-0.4, -0.2) is 26.3 Å². The molecular formula is C7H7N3O3S. The molecule has 0 unspecified atom stereocenters. The molecule has 1 rings (SSSR count). The molecule has 0 aliphatic heterocycles. The Balaban J connectivity index is 2.53. The quantitative estimate of drug-likeness (QED) is 0.710. The van der Waals surface area contributed by atoms with Gasteiger partial charge in [-0.1, -0.05) is 0 Å². The molecule has 0 saturated heterocycles. The maximum absolute atomic E-state index is 11.0. The van der Waals surface area contributed by atoms with E-state index in [0.717, 1.165) is 23.7 Å². The summed E-state index contributed by atoms with van der Waals surface area (Å²) in [5.41, 5.74) is 0. The van der Waals surface area contributed by atoms with Crippen LogP contribution in [0, 0.1) is 6.92 Å². The minimum Gasteiger partial charge on any atom is -0.478 e. The summed E-state index contributed by atoms with van der Waals surface area (Å²) < 4.78 is 3.84. The number of rotatable bonds is 3. The van der Waals surface area contributed by atoms with E-state index in [1.807, 2.05) is 0 Å². The topological polar surface area (TPSA) is 92.2 Å². The minimum absolute atomic E-state index is 0.350. The van der Waals surface area contributed by atoms with Crippen molar-refractivity contribution in [1.82, 2.24) is 9.36 Å². The Labute approximate surface area is 83.5 Å². The van der Waals surface area contributed by atoms with Crippen LogP contribution in [-0.2, 0) is 9.59 Å². The molecule has 0 aromatic carbocycles. The third kappa shape index (κ3) is 3.31. The van der Waals surface area contributed by atoms with Crippen molar-refractivity contribution in [2.75, 3.05) is 5.32 Å². The summed E-state index contributed by atoms with van der Waals surface area (Å²) in [4.78, 5) is 24.9. The molecule has 0 aliphatic rings. The molecule has 0 saturated carbocycles. The summed E-state index contributed by atoms with van der Waals surface area (Å²) in [7, 11) is 0. The van der Waals surface area contributed by atoms with Crippen LogP contribution in [0.15, 0.2) is 12.2 Å². The van der Waals surface area contributed by atoms with Gasteiger partial charge in [-0.2, -0.15) is 4.37 Å². The largest absolute Gasteiger partial charge is 0.478 e. The van der Waals surface area contributed by atoms with E-state index in [1.165, 1.54) is 0 Å². The fourth-order valence-electron chi connectivity index (χ4n) is 0.642. The van der Waals surface area contributed by atoms with Gasteiger partial charge in [0.15, 0.2) is 0 Å². The van der Waals surface area contributed by atoms with E-state index in [9.17, 15) is 9.59 Å². The molecular weight excluding hydrogens is 206 g/mol. The number of aliphatic carboxylic acids is 1. The number of anilines is 1. The lowest BCUT2D eigenvalue weighted by Crippen LogP contribution is -2.08. The molecule has 0 radical (unpaired) electrons. The average molecular weight is 213 g/mol. The highest BCUT2D eigenvalue weighted by Gasteiger charge is 2.02. The van der Waals surface area contributed by atoms with E-state index in [1.54, 1.807) is 6.92 Å². The van der Waals surface area contributed by atoms with Crippen LogP contribution in [0.2, 0.25) is 0 Å². The Morgan fingerprint density at radius 1 is 1.50 bits per heavy atom. The van der Waals surface area contributed by atoms with Crippen LogP contribution in [0.1, 0.15) is 5.82 Å². The number of amides is 1. The Hall–Kier alpha value is -1.76. The minimum atomic E-state index is -1.17. The fourth-order valence-corrected chi connectivity index (χ4v) is 1.22. The first-order valence-electron chi connectivity index (χ1n) is 3.60. The van der Waals surface area contributed by atoms with Gasteiger partial charge < -0.3 is 5.11 Å². The first-order valence-corrected chi connectivity index (χ1v) is 4.37. The molecule has 2 N–H and O–H groups in total. The Bertz CT molecular complexity index is 385. The van der Waals surface area contributed by atoms with E-state index in [0.29, 0.717) is 11.0 Å². The smallest absolute Gasteiger partial charge is 0.328 e. The predicted molar refractivity (Wildman–Crippen MR) is 50.1 cm³/mol. The van der Waals surface area contributed by atoms with Crippen LogP contribution in [0.3, 0.4) is 0 Å². The van der Waals surface area contributed by atoms with Crippen LogP contribution in [0.5, 0.6) is 0 Å². The van der Waals surface area contributed by atoms with E-state index in [2.05, 4.69) is 14.7 Å². The van der Waals surface area contributed by atoms with Gasteiger partial charge >= 0.3 is 5.97 Å². The van der Waals surface area contributed by atoms with Crippen molar-refractivity contribution in [3.63, 3.8) is 0 Å². The van der Waals surface area contributed by atoms with E-state index >= 15 is 0 Å². The zero-order valence-corrected chi connectivity index (χ0v) is 8.04. The summed E-state index contributed by atoms with van der Waals surface area (Å²) in [5.74, 6) is -1.15. The van der Waals surface area contributed by atoms with Crippen LogP contribution >= 0.6 is 11.5 Å². The molecule has 7 heteroatoms. The highest BCUT2D eigenvalue weighted by atomic mass is 32.1. The van der Waals surface area contributed by atoms with Crippen molar-refractivity contribution >= 4 is 28.5 Å². The molecule has 0 atom stereocenters. The second-order valence-corrected chi connectivity index (χ2v) is 3.06. The molecule has 1 heterocycles. The third-order valence-electron chi connectivity index (χ3n) is 1.13. The molecule has 14 heavy (non-hydrogen) atoms. The summed E-state index contributed by atoms with van der Waals surface area (Å²) in [6.07, 6.45) is 1.67.